The normalized spacial score (nSPS) is 19.0. The van der Waals surface area contributed by atoms with Crippen molar-refractivity contribution in [1.82, 2.24) is 10.3 Å². The van der Waals surface area contributed by atoms with E-state index in [-0.39, 0.29) is 28.5 Å². The number of halogens is 1. The van der Waals surface area contributed by atoms with Crippen LogP contribution in [0.5, 0.6) is 0 Å². The summed E-state index contributed by atoms with van der Waals surface area (Å²) >= 11 is 6.48. The Labute approximate surface area is 208 Å². The monoisotopic (exact) mass is 491 g/mol. The highest BCUT2D eigenvalue weighted by molar-refractivity contribution is 6.33. The van der Waals surface area contributed by atoms with Gasteiger partial charge in [-0.2, -0.15) is 0 Å². The molecule has 9 heteroatoms. The van der Waals surface area contributed by atoms with Gasteiger partial charge in [-0.1, -0.05) is 29.8 Å². The van der Waals surface area contributed by atoms with Crippen LogP contribution in [0.3, 0.4) is 0 Å². The highest BCUT2D eigenvalue weighted by atomic mass is 35.5. The number of nitrogens with one attached hydrogen (secondary N) is 1. The van der Waals surface area contributed by atoms with Gasteiger partial charge < -0.3 is 15.1 Å². The molecule has 8 nitrogen and oxygen atoms in total. The van der Waals surface area contributed by atoms with E-state index >= 15 is 0 Å². The molecule has 3 heterocycles. The van der Waals surface area contributed by atoms with Crippen molar-refractivity contribution in [3.8, 4) is 0 Å². The third kappa shape index (κ3) is 4.79. The Bertz CT molecular complexity index is 1240. The van der Waals surface area contributed by atoms with Gasteiger partial charge in [-0.15, -0.1) is 0 Å². The maximum Gasteiger partial charge on any atom is 0.269 e. The fourth-order valence-corrected chi connectivity index (χ4v) is 5.40. The quantitative estimate of drug-likeness (QED) is 0.416. The van der Waals surface area contributed by atoms with Crippen LogP contribution < -0.4 is 15.1 Å². The first kappa shape index (κ1) is 23.1. The minimum Gasteiger partial charge on any atom is -0.366 e. The maximum atomic E-state index is 13.4. The topological polar surface area (TPSA) is 91.6 Å². The van der Waals surface area contributed by atoms with Gasteiger partial charge in [-0.25, -0.2) is 0 Å². The second-order valence-electron chi connectivity index (χ2n) is 8.90. The number of fused-ring (bicyclic) bond motifs is 3. The zero-order valence-electron chi connectivity index (χ0n) is 19.1. The average molecular weight is 492 g/mol. The van der Waals surface area contributed by atoms with E-state index in [9.17, 15) is 14.9 Å². The lowest BCUT2D eigenvalue weighted by Gasteiger charge is -2.49. The van der Waals surface area contributed by atoms with Crippen LogP contribution in [0.2, 0.25) is 5.02 Å². The van der Waals surface area contributed by atoms with E-state index in [0.29, 0.717) is 37.5 Å². The largest absolute Gasteiger partial charge is 0.366 e. The second kappa shape index (κ2) is 9.92. The Kier molecular flexibility index (Phi) is 6.55. The minimum atomic E-state index is -0.385. The van der Waals surface area contributed by atoms with Crippen molar-refractivity contribution in [2.75, 3.05) is 36.0 Å². The summed E-state index contributed by atoms with van der Waals surface area (Å²) in [6, 6.07) is 18.4. The highest BCUT2D eigenvalue weighted by Crippen LogP contribution is 2.39. The van der Waals surface area contributed by atoms with Gasteiger partial charge >= 0.3 is 0 Å². The predicted octanol–water partition coefficient (Wildman–Crippen LogP) is 3.87. The number of pyridine rings is 1. The number of nitro benzene ring substituents is 1. The number of hydrogen-bond donors (Lipinski definition) is 1. The van der Waals surface area contributed by atoms with Crippen molar-refractivity contribution >= 4 is 34.6 Å². The number of aromatic nitrogens is 1. The summed E-state index contributed by atoms with van der Waals surface area (Å²) in [5, 5.41) is 15.1. The molecule has 1 saturated heterocycles. The molecule has 0 saturated carbocycles. The molecule has 0 unspecified atom stereocenters. The first-order valence-electron chi connectivity index (χ1n) is 11.7. The van der Waals surface area contributed by atoms with Crippen molar-refractivity contribution in [3.63, 3.8) is 0 Å². The Hall–Kier alpha value is -3.65. The molecular weight excluding hydrogens is 466 g/mol. The van der Waals surface area contributed by atoms with Gasteiger partial charge in [0, 0.05) is 62.3 Å². The van der Waals surface area contributed by atoms with Crippen LogP contribution in [0.25, 0.3) is 0 Å². The fraction of sp³-hybridized carbons (Fsp3) is 0.308. The molecule has 2 atom stereocenters. The lowest BCUT2D eigenvalue weighted by Crippen LogP contribution is -2.61. The molecule has 0 radical (unpaired) electrons. The van der Waals surface area contributed by atoms with E-state index < -0.39 is 0 Å². The van der Waals surface area contributed by atoms with Crippen LogP contribution in [0.15, 0.2) is 66.9 Å². The van der Waals surface area contributed by atoms with Gasteiger partial charge in [0.05, 0.1) is 27.6 Å². The number of amides is 1. The van der Waals surface area contributed by atoms with Crippen LogP contribution in [-0.4, -0.2) is 48.0 Å². The second-order valence-corrected chi connectivity index (χ2v) is 9.31. The third-order valence-electron chi connectivity index (χ3n) is 6.84. The Balaban J connectivity index is 1.40. The van der Waals surface area contributed by atoms with E-state index in [1.165, 1.54) is 0 Å². The molecule has 3 aromatic rings. The van der Waals surface area contributed by atoms with Crippen molar-refractivity contribution in [2.24, 2.45) is 5.92 Å². The fourth-order valence-electron chi connectivity index (χ4n) is 5.14. The number of rotatable bonds is 6. The van der Waals surface area contributed by atoms with Crippen LogP contribution in [0.1, 0.15) is 11.3 Å². The Morgan fingerprint density at radius 2 is 1.94 bits per heavy atom. The van der Waals surface area contributed by atoms with Gasteiger partial charge in [-0.3, -0.25) is 19.9 Å². The molecule has 180 valence electrons. The molecule has 1 aromatic heterocycles. The van der Waals surface area contributed by atoms with E-state index in [0.717, 1.165) is 29.2 Å². The lowest BCUT2D eigenvalue weighted by molar-refractivity contribution is -0.384. The predicted molar refractivity (Wildman–Crippen MR) is 136 cm³/mol. The molecule has 1 amide bonds. The summed E-state index contributed by atoms with van der Waals surface area (Å²) in [5.74, 6) is -0.396. The van der Waals surface area contributed by atoms with Crippen LogP contribution in [0, 0.1) is 16.0 Å². The number of anilines is 2. The van der Waals surface area contributed by atoms with Crippen molar-refractivity contribution in [3.05, 3.63) is 93.3 Å². The number of para-hydroxylation sites is 1. The molecule has 35 heavy (non-hydrogen) atoms. The molecule has 2 aliphatic rings. The van der Waals surface area contributed by atoms with E-state index in [4.69, 9.17) is 11.6 Å². The summed E-state index contributed by atoms with van der Waals surface area (Å²) in [4.78, 5) is 33.2. The minimum absolute atomic E-state index is 0.0471. The SMILES string of the molecule is O=C(NCCc1ccccn1)[C@@H]1Cc2cc([N+](=O)[O-])ccc2N2CCN(c3ccccc3Cl)C[C@H]12. The van der Waals surface area contributed by atoms with Gasteiger partial charge in [0.25, 0.3) is 5.69 Å². The molecule has 0 aliphatic carbocycles. The van der Waals surface area contributed by atoms with Crippen LogP contribution in [0.4, 0.5) is 17.1 Å². The Morgan fingerprint density at radius 1 is 1.11 bits per heavy atom. The average Bonchev–Trinajstić information content (AvgIpc) is 2.88. The van der Waals surface area contributed by atoms with Crippen LogP contribution >= 0.6 is 11.6 Å². The van der Waals surface area contributed by atoms with Gasteiger partial charge in [-0.05, 0) is 42.3 Å². The van der Waals surface area contributed by atoms with Crippen molar-refractivity contribution in [1.29, 1.82) is 0 Å². The molecule has 2 aliphatic heterocycles. The standard InChI is InChI=1S/C26H26ClN5O3/c27-22-6-1-2-7-24(22)30-13-14-31-23-9-8-20(32(34)35)15-18(23)16-21(25(31)17-30)26(33)29-12-10-19-5-3-4-11-28-19/h1-9,11,15,21,25H,10,12-14,16-17H2,(H,29,33)/t21-,25-/m1/s1. The molecule has 2 aromatic carbocycles. The molecule has 5 rings (SSSR count). The number of carbonyl (C=O) groups excluding carboxylic acids is 1. The van der Waals surface area contributed by atoms with Gasteiger partial charge in [0.15, 0.2) is 0 Å². The van der Waals surface area contributed by atoms with E-state index in [2.05, 4.69) is 20.1 Å². The summed E-state index contributed by atoms with van der Waals surface area (Å²) in [5.41, 5.74) is 3.73. The highest BCUT2D eigenvalue weighted by Gasteiger charge is 2.42. The molecule has 1 N–H and O–H groups in total. The number of hydrogen-bond acceptors (Lipinski definition) is 6. The zero-order chi connectivity index (χ0) is 24.4. The number of benzene rings is 2. The zero-order valence-corrected chi connectivity index (χ0v) is 19.9. The third-order valence-corrected chi connectivity index (χ3v) is 7.16. The summed E-state index contributed by atoms with van der Waals surface area (Å²) in [6.45, 7) is 2.55. The van der Waals surface area contributed by atoms with Crippen molar-refractivity contribution in [2.45, 2.75) is 18.9 Å². The molecule has 0 spiro atoms. The molecular formula is C26H26ClN5O3. The number of piperazine rings is 1. The number of non-ortho nitro benzene ring substituents is 1. The number of nitro groups is 1. The lowest BCUT2D eigenvalue weighted by atomic mass is 9.83. The maximum absolute atomic E-state index is 13.4. The summed E-state index contributed by atoms with van der Waals surface area (Å²) in [7, 11) is 0. The first-order valence-corrected chi connectivity index (χ1v) is 12.1. The number of nitrogens with zero attached hydrogens (tertiary/aromatic N) is 4. The van der Waals surface area contributed by atoms with E-state index in [1.807, 2.05) is 48.5 Å². The van der Waals surface area contributed by atoms with Gasteiger partial charge in [0.1, 0.15) is 0 Å². The van der Waals surface area contributed by atoms with E-state index in [1.54, 1.807) is 18.3 Å². The van der Waals surface area contributed by atoms with Gasteiger partial charge in [0.2, 0.25) is 5.91 Å². The van der Waals surface area contributed by atoms with Crippen molar-refractivity contribution < 1.29 is 9.72 Å². The first-order chi connectivity index (χ1) is 17.0. The molecule has 0 bridgehead atoms. The Morgan fingerprint density at radius 3 is 2.71 bits per heavy atom. The summed E-state index contributed by atoms with van der Waals surface area (Å²) in [6.07, 6.45) is 2.83. The summed E-state index contributed by atoms with van der Waals surface area (Å²) < 4.78 is 0. The van der Waals surface area contributed by atoms with Crippen LogP contribution in [-0.2, 0) is 17.6 Å². The number of carbonyl (C=O) groups is 1. The smallest absolute Gasteiger partial charge is 0.269 e. The molecule has 1 fully saturated rings.